The molecule has 0 aromatic carbocycles. The molecule has 0 spiro atoms. The van der Waals surface area contributed by atoms with Crippen molar-refractivity contribution in [2.24, 2.45) is 0 Å². The molecule has 2 fully saturated rings. The topological polar surface area (TPSA) is 18.5 Å². The molecule has 0 saturated carbocycles. The van der Waals surface area contributed by atoms with Gasteiger partial charge in [0, 0.05) is 31.7 Å². The molecular weight excluding hydrogens is 210 g/mol. The Hall–Kier alpha value is -0.120. The van der Waals surface area contributed by atoms with Crippen molar-refractivity contribution < 1.29 is 0 Å². The highest BCUT2D eigenvalue weighted by molar-refractivity contribution is 4.80. The van der Waals surface area contributed by atoms with Crippen molar-refractivity contribution >= 4 is 0 Å². The number of hydrogen-bond donors (Lipinski definition) is 1. The Morgan fingerprint density at radius 3 is 2.35 bits per heavy atom. The second kappa shape index (κ2) is 6.72. The third kappa shape index (κ3) is 4.57. The highest BCUT2D eigenvalue weighted by Gasteiger charge is 2.21. The van der Waals surface area contributed by atoms with E-state index in [1.807, 2.05) is 0 Å². The molecule has 3 nitrogen and oxygen atoms in total. The van der Waals surface area contributed by atoms with Crippen LogP contribution in [0.15, 0.2) is 0 Å². The normalized spacial score (nSPS) is 28.1. The van der Waals surface area contributed by atoms with Gasteiger partial charge in [0.15, 0.2) is 0 Å². The molecule has 100 valence electrons. The maximum absolute atomic E-state index is 3.68. The lowest BCUT2D eigenvalue weighted by atomic mass is 10.1. The zero-order valence-electron chi connectivity index (χ0n) is 11.6. The minimum Gasteiger partial charge on any atom is -0.311 e. The van der Waals surface area contributed by atoms with Crippen molar-refractivity contribution in [3.05, 3.63) is 0 Å². The molecule has 2 aliphatic heterocycles. The zero-order chi connectivity index (χ0) is 12.1. The molecule has 0 amide bonds. The van der Waals surface area contributed by atoms with Crippen molar-refractivity contribution in [1.82, 2.24) is 15.1 Å². The van der Waals surface area contributed by atoms with Gasteiger partial charge >= 0.3 is 0 Å². The summed E-state index contributed by atoms with van der Waals surface area (Å²) in [5.41, 5.74) is 0. The average Bonchev–Trinajstić information content (AvgIpc) is 2.79. The van der Waals surface area contributed by atoms with E-state index in [0.717, 1.165) is 6.04 Å². The Morgan fingerprint density at radius 2 is 1.65 bits per heavy atom. The van der Waals surface area contributed by atoms with Crippen molar-refractivity contribution in [3.8, 4) is 0 Å². The fourth-order valence-corrected chi connectivity index (χ4v) is 3.16. The fourth-order valence-electron chi connectivity index (χ4n) is 3.16. The van der Waals surface area contributed by atoms with Gasteiger partial charge in [-0.1, -0.05) is 13.8 Å². The molecule has 17 heavy (non-hydrogen) atoms. The van der Waals surface area contributed by atoms with Gasteiger partial charge in [0.05, 0.1) is 0 Å². The van der Waals surface area contributed by atoms with E-state index in [1.165, 1.54) is 65.0 Å². The van der Waals surface area contributed by atoms with Crippen LogP contribution in [0.3, 0.4) is 0 Å². The molecule has 3 heteroatoms. The Bertz CT molecular complexity index is 212. The van der Waals surface area contributed by atoms with Crippen molar-refractivity contribution in [2.45, 2.75) is 51.6 Å². The molecule has 2 rings (SSSR count). The summed E-state index contributed by atoms with van der Waals surface area (Å²) in [6.07, 6.45) is 5.55. The SMILES string of the molecule is CC(C)NC1CCCN(CCN2CCCC2)C1. The molecule has 0 aromatic rings. The van der Waals surface area contributed by atoms with Gasteiger partial charge < -0.3 is 15.1 Å². The van der Waals surface area contributed by atoms with Crippen LogP contribution in [-0.2, 0) is 0 Å². The van der Waals surface area contributed by atoms with Gasteiger partial charge in [-0.2, -0.15) is 0 Å². The Labute approximate surface area is 107 Å². The average molecular weight is 239 g/mol. The summed E-state index contributed by atoms with van der Waals surface area (Å²) in [4.78, 5) is 5.28. The molecule has 0 aliphatic carbocycles. The third-order valence-corrected chi connectivity index (χ3v) is 4.01. The minimum absolute atomic E-state index is 0.624. The van der Waals surface area contributed by atoms with Crippen LogP contribution in [0.1, 0.15) is 39.5 Å². The first-order valence-corrected chi connectivity index (χ1v) is 7.45. The van der Waals surface area contributed by atoms with Crippen molar-refractivity contribution in [1.29, 1.82) is 0 Å². The second-order valence-corrected chi connectivity index (χ2v) is 6.01. The second-order valence-electron chi connectivity index (χ2n) is 6.01. The largest absolute Gasteiger partial charge is 0.311 e. The van der Waals surface area contributed by atoms with Gasteiger partial charge in [-0.25, -0.2) is 0 Å². The first kappa shape index (κ1) is 13.3. The van der Waals surface area contributed by atoms with Gasteiger partial charge in [0.2, 0.25) is 0 Å². The van der Waals surface area contributed by atoms with E-state index in [0.29, 0.717) is 6.04 Å². The van der Waals surface area contributed by atoms with Crippen LogP contribution in [-0.4, -0.2) is 61.2 Å². The first-order valence-electron chi connectivity index (χ1n) is 7.45. The van der Waals surface area contributed by atoms with Gasteiger partial charge in [0.1, 0.15) is 0 Å². The van der Waals surface area contributed by atoms with Crippen LogP contribution in [0.5, 0.6) is 0 Å². The van der Waals surface area contributed by atoms with Crippen LogP contribution in [0.25, 0.3) is 0 Å². The van der Waals surface area contributed by atoms with Crippen LogP contribution >= 0.6 is 0 Å². The monoisotopic (exact) mass is 239 g/mol. The standard InChI is InChI=1S/C14H29N3/c1-13(2)15-14-6-5-9-17(12-14)11-10-16-7-3-4-8-16/h13-15H,3-12H2,1-2H3. The molecule has 1 unspecified atom stereocenters. The number of rotatable bonds is 5. The number of likely N-dealkylation sites (tertiary alicyclic amines) is 2. The minimum atomic E-state index is 0.624. The predicted molar refractivity (Wildman–Crippen MR) is 73.4 cm³/mol. The highest BCUT2D eigenvalue weighted by Crippen LogP contribution is 2.12. The van der Waals surface area contributed by atoms with Gasteiger partial charge in [0.25, 0.3) is 0 Å². The lowest BCUT2D eigenvalue weighted by molar-refractivity contribution is 0.165. The fraction of sp³-hybridized carbons (Fsp3) is 1.00. The molecular formula is C14H29N3. The summed E-state index contributed by atoms with van der Waals surface area (Å²) in [7, 11) is 0. The molecule has 2 aliphatic rings. The van der Waals surface area contributed by atoms with Gasteiger partial charge in [-0.15, -0.1) is 0 Å². The smallest absolute Gasteiger partial charge is 0.0197 e. The van der Waals surface area contributed by atoms with E-state index in [1.54, 1.807) is 0 Å². The van der Waals surface area contributed by atoms with Gasteiger partial charge in [-0.3, -0.25) is 0 Å². The summed E-state index contributed by atoms with van der Waals surface area (Å²) in [6.45, 7) is 12.3. The Morgan fingerprint density at radius 1 is 1.00 bits per heavy atom. The lowest BCUT2D eigenvalue weighted by Crippen LogP contribution is -2.49. The van der Waals surface area contributed by atoms with E-state index in [9.17, 15) is 0 Å². The van der Waals surface area contributed by atoms with Crippen molar-refractivity contribution in [2.75, 3.05) is 39.3 Å². The molecule has 2 heterocycles. The number of nitrogens with one attached hydrogen (secondary N) is 1. The summed E-state index contributed by atoms with van der Waals surface area (Å²) >= 11 is 0. The maximum Gasteiger partial charge on any atom is 0.0197 e. The molecule has 1 N–H and O–H groups in total. The molecule has 0 radical (unpaired) electrons. The Kier molecular flexibility index (Phi) is 5.26. The first-order chi connectivity index (χ1) is 8.24. The van der Waals surface area contributed by atoms with E-state index < -0.39 is 0 Å². The number of hydrogen-bond acceptors (Lipinski definition) is 3. The highest BCUT2D eigenvalue weighted by atomic mass is 15.2. The summed E-state index contributed by atoms with van der Waals surface area (Å²) < 4.78 is 0. The molecule has 1 atom stereocenters. The summed E-state index contributed by atoms with van der Waals surface area (Å²) in [5, 5.41) is 3.68. The zero-order valence-corrected chi connectivity index (χ0v) is 11.6. The predicted octanol–water partition coefficient (Wildman–Crippen LogP) is 1.54. The van der Waals surface area contributed by atoms with Crippen LogP contribution < -0.4 is 5.32 Å². The third-order valence-electron chi connectivity index (χ3n) is 4.01. The summed E-state index contributed by atoms with van der Waals surface area (Å²) in [6, 6.07) is 1.35. The van der Waals surface area contributed by atoms with E-state index in [-0.39, 0.29) is 0 Å². The van der Waals surface area contributed by atoms with Crippen LogP contribution in [0.2, 0.25) is 0 Å². The number of nitrogens with zero attached hydrogens (tertiary/aromatic N) is 2. The van der Waals surface area contributed by atoms with E-state index in [2.05, 4.69) is 29.0 Å². The van der Waals surface area contributed by atoms with Crippen LogP contribution in [0.4, 0.5) is 0 Å². The summed E-state index contributed by atoms with van der Waals surface area (Å²) in [5.74, 6) is 0. The maximum atomic E-state index is 3.68. The molecule has 0 aromatic heterocycles. The van der Waals surface area contributed by atoms with Crippen LogP contribution in [0, 0.1) is 0 Å². The molecule has 2 saturated heterocycles. The molecule has 0 bridgehead atoms. The van der Waals surface area contributed by atoms with Gasteiger partial charge in [-0.05, 0) is 45.3 Å². The lowest BCUT2D eigenvalue weighted by Gasteiger charge is -2.35. The van der Waals surface area contributed by atoms with Crippen molar-refractivity contribution in [3.63, 3.8) is 0 Å². The Balaban J connectivity index is 1.65. The van der Waals surface area contributed by atoms with E-state index >= 15 is 0 Å². The quantitative estimate of drug-likeness (QED) is 0.785. The van der Waals surface area contributed by atoms with E-state index in [4.69, 9.17) is 0 Å². The number of piperidine rings is 1.